The van der Waals surface area contributed by atoms with E-state index in [1.54, 1.807) is 0 Å². The van der Waals surface area contributed by atoms with Crippen molar-refractivity contribution in [2.45, 2.75) is 39.2 Å². The van der Waals surface area contributed by atoms with Crippen LogP contribution < -0.4 is 10.2 Å². The van der Waals surface area contributed by atoms with E-state index in [1.807, 2.05) is 6.92 Å². The summed E-state index contributed by atoms with van der Waals surface area (Å²) in [7, 11) is 0. The number of aryl methyl sites for hydroxylation is 1. The molecule has 2 aromatic heterocycles. The highest BCUT2D eigenvalue weighted by atomic mass is 32.1. The summed E-state index contributed by atoms with van der Waals surface area (Å²) in [4.78, 5) is 24.9. The van der Waals surface area contributed by atoms with E-state index in [1.165, 1.54) is 30.2 Å². The first-order chi connectivity index (χ1) is 13.5. The number of piperidine rings is 1. The summed E-state index contributed by atoms with van der Waals surface area (Å²) in [5.41, 5.74) is 0.280. The van der Waals surface area contributed by atoms with E-state index in [0.717, 1.165) is 48.3 Å². The lowest BCUT2D eigenvalue weighted by molar-refractivity contribution is 0.102. The molecule has 0 radical (unpaired) electrons. The average Bonchev–Trinajstić information content (AvgIpc) is 3.02. The Labute approximate surface area is 165 Å². The molecule has 5 nitrogen and oxygen atoms in total. The van der Waals surface area contributed by atoms with Crippen LogP contribution in [0, 0.1) is 18.6 Å². The molecule has 146 valence electrons. The molecule has 28 heavy (non-hydrogen) atoms. The Morgan fingerprint density at radius 1 is 1.25 bits per heavy atom. The molecule has 4 rings (SSSR count). The zero-order valence-electron chi connectivity index (χ0n) is 15.6. The zero-order chi connectivity index (χ0) is 19.8. The van der Waals surface area contributed by atoms with Crippen LogP contribution in [0.3, 0.4) is 0 Å². The molecule has 1 atom stereocenters. The van der Waals surface area contributed by atoms with E-state index in [9.17, 15) is 13.6 Å². The minimum absolute atomic E-state index is 0.357. The first-order valence-electron chi connectivity index (χ1n) is 9.23. The Kier molecular flexibility index (Phi) is 4.97. The van der Waals surface area contributed by atoms with Crippen molar-refractivity contribution in [1.29, 1.82) is 0 Å². The van der Waals surface area contributed by atoms with Crippen LogP contribution in [0.4, 0.5) is 20.3 Å². The number of aromatic nitrogens is 2. The average molecular weight is 402 g/mol. The standard InChI is InChI=1S/C20H20F2N4OS/c1-11-6-3-4-9-26(11)18-15-12(2)17(28-20(15)24-10-23-18)19(27)25-16-13(21)7-5-8-14(16)22/h5,7-8,10-11H,3-4,6,9H2,1-2H3,(H,25,27). The number of nitrogens with one attached hydrogen (secondary N) is 1. The second kappa shape index (κ2) is 7.43. The fourth-order valence-electron chi connectivity index (χ4n) is 3.69. The first-order valence-corrected chi connectivity index (χ1v) is 10.0. The molecule has 3 aromatic rings. The number of thiophene rings is 1. The Bertz CT molecular complexity index is 1030. The van der Waals surface area contributed by atoms with Gasteiger partial charge in [0.25, 0.3) is 5.91 Å². The maximum Gasteiger partial charge on any atom is 0.266 e. The molecule has 1 unspecified atom stereocenters. The zero-order valence-corrected chi connectivity index (χ0v) is 16.4. The molecule has 0 bridgehead atoms. The van der Waals surface area contributed by atoms with Gasteiger partial charge < -0.3 is 10.2 Å². The quantitative estimate of drug-likeness (QED) is 0.676. The van der Waals surface area contributed by atoms with Gasteiger partial charge in [0, 0.05) is 12.6 Å². The van der Waals surface area contributed by atoms with Crippen molar-refractivity contribution in [2.24, 2.45) is 0 Å². The van der Waals surface area contributed by atoms with Gasteiger partial charge in [0.1, 0.15) is 34.3 Å². The number of carbonyl (C=O) groups excluding carboxylic acids is 1. The summed E-state index contributed by atoms with van der Waals surface area (Å²) in [6, 6.07) is 3.83. The third kappa shape index (κ3) is 3.22. The highest BCUT2D eigenvalue weighted by molar-refractivity contribution is 7.20. The summed E-state index contributed by atoms with van der Waals surface area (Å²) in [5.74, 6) is -1.35. The summed E-state index contributed by atoms with van der Waals surface area (Å²) in [6.45, 7) is 4.90. The van der Waals surface area contributed by atoms with Crippen LogP contribution in [-0.4, -0.2) is 28.5 Å². The van der Waals surface area contributed by atoms with Gasteiger partial charge in [0.05, 0.1) is 10.3 Å². The predicted molar refractivity (Wildman–Crippen MR) is 107 cm³/mol. The van der Waals surface area contributed by atoms with Crippen molar-refractivity contribution in [3.05, 3.63) is 46.6 Å². The van der Waals surface area contributed by atoms with Crippen LogP contribution in [0.5, 0.6) is 0 Å². The monoisotopic (exact) mass is 402 g/mol. The largest absolute Gasteiger partial charge is 0.353 e. The Morgan fingerprint density at radius 3 is 2.71 bits per heavy atom. The summed E-state index contributed by atoms with van der Waals surface area (Å²) >= 11 is 1.21. The molecule has 3 heterocycles. The number of halogens is 2. The SMILES string of the molecule is Cc1c(C(=O)Nc2c(F)cccc2F)sc2ncnc(N3CCCCC3C)c12. The molecule has 1 amide bonds. The van der Waals surface area contributed by atoms with Gasteiger partial charge >= 0.3 is 0 Å². The van der Waals surface area contributed by atoms with E-state index in [-0.39, 0.29) is 0 Å². The molecule has 1 aliphatic heterocycles. The maximum absolute atomic E-state index is 13.9. The number of hydrogen-bond donors (Lipinski definition) is 1. The van der Waals surface area contributed by atoms with Gasteiger partial charge in [-0.1, -0.05) is 6.07 Å². The first kappa shape index (κ1) is 18.7. The number of fused-ring (bicyclic) bond motifs is 1. The van der Waals surface area contributed by atoms with Crippen molar-refractivity contribution in [3.8, 4) is 0 Å². The lowest BCUT2D eigenvalue weighted by atomic mass is 10.0. The fourth-order valence-corrected chi connectivity index (χ4v) is 4.73. The van der Waals surface area contributed by atoms with Crippen molar-refractivity contribution in [1.82, 2.24) is 9.97 Å². The number of benzene rings is 1. The highest BCUT2D eigenvalue weighted by Gasteiger charge is 2.26. The minimum Gasteiger partial charge on any atom is -0.353 e. The molecule has 1 fully saturated rings. The third-order valence-electron chi connectivity index (χ3n) is 5.19. The molecule has 0 aliphatic carbocycles. The van der Waals surface area contributed by atoms with Crippen LogP contribution in [0.25, 0.3) is 10.2 Å². The molecular weight excluding hydrogens is 382 g/mol. The fraction of sp³-hybridized carbons (Fsp3) is 0.350. The van der Waals surface area contributed by atoms with E-state index in [0.29, 0.717) is 15.7 Å². The van der Waals surface area contributed by atoms with Crippen LogP contribution in [0.2, 0.25) is 0 Å². The second-order valence-corrected chi connectivity index (χ2v) is 8.02. The van der Waals surface area contributed by atoms with E-state index < -0.39 is 23.2 Å². The predicted octanol–water partition coefficient (Wildman–Crippen LogP) is 4.91. The lowest BCUT2D eigenvalue weighted by Crippen LogP contribution is -2.38. The lowest BCUT2D eigenvalue weighted by Gasteiger charge is -2.34. The van der Waals surface area contributed by atoms with Gasteiger partial charge in [0.15, 0.2) is 0 Å². The molecule has 1 N–H and O–H groups in total. The Morgan fingerprint density at radius 2 is 2.00 bits per heavy atom. The van der Waals surface area contributed by atoms with Gasteiger partial charge in [-0.15, -0.1) is 11.3 Å². The van der Waals surface area contributed by atoms with Crippen LogP contribution in [-0.2, 0) is 0 Å². The number of carbonyl (C=O) groups is 1. The molecular formula is C20H20F2N4OS. The normalized spacial score (nSPS) is 17.1. The van der Waals surface area contributed by atoms with Crippen molar-refractivity contribution in [3.63, 3.8) is 0 Å². The molecule has 1 aromatic carbocycles. The summed E-state index contributed by atoms with van der Waals surface area (Å²) in [5, 5.41) is 3.20. The topological polar surface area (TPSA) is 58.1 Å². The van der Waals surface area contributed by atoms with Gasteiger partial charge in [-0.25, -0.2) is 18.7 Å². The number of anilines is 2. The van der Waals surface area contributed by atoms with Crippen molar-refractivity contribution < 1.29 is 13.6 Å². The van der Waals surface area contributed by atoms with Crippen LogP contribution >= 0.6 is 11.3 Å². The molecule has 1 aliphatic rings. The number of para-hydroxylation sites is 1. The maximum atomic E-state index is 13.9. The van der Waals surface area contributed by atoms with E-state index in [2.05, 4.69) is 27.1 Å². The van der Waals surface area contributed by atoms with Gasteiger partial charge in [-0.2, -0.15) is 0 Å². The van der Waals surface area contributed by atoms with E-state index in [4.69, 9.17) is 0 Å². The number of nitrogens with zero attached hydrogens (tertiary/aromatic N) is 3. The Balaban J connectivity index is 1.74. The van der Waals surface area contributed by atoms with Crippen LogP contribution in [0.1, 0.15) is 41.4 Å². The third-order valence-corrected chi connectivity index (χ3v) is 6.39. The van der Waals surface area contributed by atoms with Gasteiger partial charge in [-0.05, 0) is 50.8 Å². The van der Waals surface area contributed by atoms with Gasteiger partial charge in [0.2, 0.25) is 0 Å². The molecule has 8 heteroatoms. The Hall–Kier alpha value is -2.61. The molecule has 1 saturated heterocycles. The smallest absolute Gasteiger partial charge is 0.266 e. The molecule has 0 saturated carbocycles. The second-order valence-electron chi connectivity index (χ2n) is 7.02. The number of hydrogen-bond acceptors (Lipinski definition) is 5. The highest BCUT2D eigenvalue weighted by Crippen LogP contribution is 2.37. The van der Waals surface area contributed by atoms with Crippen molar-refractivity contribution in [2.75, 3.05) is 16.8 Å². The van der Waals surface area contributed by atoms with Crippen LogP contribution in [0.15, 0.2) is 24.5 Å². The molecule has 0 spiro atoms. The summed E-state index contributed by atoms with van der Waals surface area (Å²) in [6.07, 6.45) is 4.89. The van der Waals surface area contributed by atoms with E-state index >= 15 is 0 Å². The van der Waals surface area contributed by atoms with Gasteiger partial charge in [-0.3, -0.25) is 4.79 Å². The number of amides is 1. The summed E-state index contributed by atoms with van der Waals surface area (Å²) < 4.78 is 27.8. The van der Waals surface area contributed by atoms with Crippen molar-refractivity contribution >= 4 is 39.0 Å². The number of rotatable bonds is 3. The minimum atomic E-state index is -0.810.